The first kappa shape index (κ1) is 28.1. The van der Waals surface area contributed by atoms with Gasteiger partial charge in [0.05, 0.1) is 0 Å². The minimum Gasteiger partial charge on any atom is -0.463 e. The molecule has 0 amide bonds. The molecule has 5 heteroatoms. The molecular formula is C32H48O5. The smallest absolute Gasteiger partial charge is 0.303 e. The molecule has 5 nitrogen and oxygen atoms in total. The quantitative estimate of drug-likeness (QED) is 0.288. The van der Waals surface area contributed by atoms with Crippen molar-refractivity contribution in [2.24, 2.45) is 46.3 Å². The third-order valence-corrected chi connectivity index (χ3v) is 10.8. The largest absolute Gasteiger partial charge is 0.463 e. The summed E-state index contributed by atoms with van der Waals surface area (Å²) < 4.78 is 11.6. The fraction of sp³-hybridized carbons (Fsp3) is 0.781. The van der Waals surface area contributed by atoms with Crippen LogP contribution in [0.15, 0.2) is 23.3 Å². The summed E-state index contributed by atoms with van der Waals surface area (Å²) in [6.45, 7) is 16.6. The highest BCUT2D eigenvalue weighted by Gasteiger charge is 2.61. The molecule has 0 aromatic heterocycles. The predicted molar refractivity (Wildman–Crippen MR) is 144 cm³/mol. The molecule has 4 rings (SSSR count). The molecule has 4 aliphatic rings. The monoisotopic (exact) mass is 512 g/mol. The number of fused-ring (bicyclic) bond motifs is 4. The highest BCUT2D eigenvalue weighted by Crippen LogP contribution is 2.65. The second kappa shape index (κ2) is 10.3. The van der Waals surface area contributed by atoms with Gasteiger partial charge >= 0.3 is 11.9 Å². The van der Waals surface area contributed by atoms with E-state index in [1.165, 1.54) is 13.8 Å². The summed E-state index contributed by atoms with van der Waals surface area (Å²) in [6, 6.07) is 0. The molecule has 0 radical (unpaired) electrons. The number of ether oxygens (including phenoxy) is 2. The first-order chi connectivity index (χ1) is 17.3. The van der Waals surface area contributed by atoms with E-state index in [2.05, 4.69) is 53.7 Å². The summed E-state index contributed by atoms with van der Waals surface area (Å²) in [5, 5.41) is 0. The van der Waals surface area contributed by atoms with Crippen LogP contribution in [0.4, 0.5) is 0 Å². The highest BCUT2D eigenvalue weighted by atomic mass is 16.5. The van der Waals surface area contributed by atoms with Crippen molar-refractivity contribution in [3.63, 3.8) is 0 Å². The number of carbonyl (C=O) groups excluding carboxylic acids is 3. The number of carbonyl (C=O) groups is 3. The lowest BCUT2D eigenvalue weighted by Crippen LogP contribution is -2.53. The molecular weight excluding hydrogens is 464 g/mol. The molecule has 2 saturated carbocycles. The fourth-order valence-electron chi connectivity index (χ4n) is 8.49. The Morgan fingerprint density at radius 1 is 0.946 bits per heavy atom. The van der Waals surface area contributed by atoms with Crippen LogP contribution in [-0.2, 0) is 23.9 Å². The van der Waals surface area contributed by atoms with Gasteiger partial charge in [-0.1, -0.05) is 53.7 Å². The van der Waals surface area contributed by atoms with E-state index in [1.807, 2.05) is 0 Å². The van der Waals surface area contributed by atoms with Gasteiger partial charge in [0.25, 0.3) is 0 Å². The van der Waals surface area contributed by atoms with Crippen LogP contribution in [0.1, 0.15) is 100 Å². The molecule has 9 atom stereocenters. The summed E-state index contributed by atoms with van der Waals surface area (Å²) >= 11 is 0. The number of esters is 2. The summed E-state index contributed by atoms with van der Waals surface area (Å²) in [6.07, 6.45) is 9.98. The molecule has 0 heterocycles. The number of rotatable bonds is 6. The molecule has 4 aliphatic carbocycles. The Morgan fingerprint density at radius 3 is 2.24 bits per heavy atom. The lowest BCUT2D eigenvalue weighted by atomic mass is 9.49. The normalized spacial score (nSPS) is 39.2. The summed E-state index contributed by atoms with van der Waals surface area (Å²) in [5.74, 6) is 2.07. The molecule has 2 fully saturated rings. The molecule has 0 N–H and O–H groups in total. The number of hydrogen-bond acceptors (Lipinski definition) is 5. The van der Waals surface area contributed by atoms with Crippen molar-refractivity contribution < 1.29 is 23.9 Å². The Balaban J connectivity index is 1.70. The van der Waals surface area contributed by atoms with Gasteiger partial charge < -0.3 is 9.47 Å². The van der Waals surface area contributed by atoms with E-state index < -0.39 is 0 Å². The summed E-state index contributed by atoms with van der Waals surface area (Å²) in [7, 11) is 0. The number of Topliss-reactive ketones (excluding diaryl/α,β-unsaturated/α-hetero) is 1. The predicted octanol–water partition coefficient (Wildman–Crippen LogP) is 6.85. The van der Waals surface area contributed by atoms with Gasteiger partial charge in [-0.05, 0) is 90.4 Å². The number of ketones is 1. The third kappa shape index (κ3) is 5.08. The topological polar surface area (TPSA) is 69.7 Å². The van der Waals surface area contributed by atoms with Crippen molar-refractivity contribution in [1.82, 2.24) is 0 Å². The lowest BCUT2D eigenvalue weighted by molar-refractivity contribution is -0.154. The molecule has 0 saturated heterocycles. The molecule has 0 unspecified atom stereocenters. The van der Waals surface area contributed by atoms with Crippen molar-refractivity contribution >= 4 is 17.7 Å². The Kier molecular flexibility index (Phi) is 7.85. The standard InChI is InChI=1S/C32H48O5/c1-18(2)19(3)9-10-20(4)25-11-12-26-29-28(37-22(6)34)16-23-15-24(36-21(5)33)13-14-31(23,7)30(29)27(35)17-32(25,26)8/h9-10,18-20,23-26,28H,11-17H2,1-8H3/b10-9+/t19-,20+,23+,24+,25-,26-,28+,31-,32+/m0/s1. The van der Waals surface area contributed by atoms with Gasteiger partial charge in [-0.3, -0.25) is 14.4 Å². The maximum Gasteiger partial charge on any atom is 0.303 e. The highest BCUT2D eigenvalue weighted by molar-refractivity contribution is 5.99. The Labute approximate surface area is 223 Å². The van der Waals surface area contributed by atoms with Crippen LogP contribution >= 0.6 is 0 Å². The first-order valence-electron chi connectivity index (χ1n) is 14.6. The molecule has 206 valence electrons. The van der Waals surface area contributed by atoms with E-state index in [1.54, 1.807) is 0 Å². The van der Waals surface area contributed by atoms with Crippen LogP contribution in [0.2, 0.25) is 0 Å². The second-order valence-electron chi connectivity index (χ2n) is 13.5. The number of hydrogen-bond donors (Lipinski definition) is 0. The maximum absolute atomic E-state index is 14.1. The van der Waals surface area contributed by atoms with Crippen molar-refractivity contribution in [3.8, 4) is 0 Å². The fourth-order valence-corrected chi connectivity index (χ4v) is 8.49. The van der Waals surface area contributed by atoms with Crippen LogP contribution in [0, 0.1) is 46.3 Å². The zero-order valence-corrected chi connectivity index (χ0v) is 24.3. The van der Waals surface area contributed by atoms with Gasteiger partial charge in [-0.25, -0.2) is 0 Å². The van der Waals surface area contributed by atoms with Gasteiger partial charge in [-0.15, -0.1) is 0 Å². The number of allylic oxidation sites excluding steroid dienone is 3. The average Bonchev–Trinajstić information content (AvgIpc) is 3.13. The molecule has 0 aromatic rings. The Morgan fingerprint density at radius 2 is 1.62 bits per heavy atom. The SMILES string of the molecule is CC(=O)O[C@@H]1CC[C@]2(C)C3=C([C@H](OC(C)=O)C[C@H]2C1)[C@@H]1CC[C@@H]([C@H](C)/C=C/[C@H](C)C(C)C)[C@@]1(C)CC3=O. The van der Waals surface area contributed by atoms with E-state index in [0.717, 1.165) is 43.3 Å². The average molecular weight is 513 g/mol. The molecule has 0 aliphatic heterocycles. The van der Waals surface area contributed by atoms with Crippen molar-refractivity contribution in [1.29, 1.82) is 0 Å². The van der Waals surface area contributed by atoms with Crippen LogP contribution in [0.5, 0.6) is 0 Å². The van der Waals surface area contributed by atoms with Gasteiger partial charge in [0, 0.05) is 25.8 Å². The van der Waals surface area contributed by atoms with E-state index in [-0.39, 0.29) is 52.6 Å². The van der Waals surface area contributed by atoms with Crippen molar-refractivity contribution in [2.45, 2.75) is 113 Å². The molecule has 0 bridgehead atoms. The van der Waals surface area contributed by atoms with Gasteiger partial charge in [-0.2, -0.15) is 0 Å². The van der Waals surface area contributed by atoms with Crippen LogP contribution < -0.4 is 0 Å². The van der Waals surface area contributed by atoms with E-state index in [4.69, 9.17) is 9.47 Å². The Hall–Kier alpha value is -1.91. The maximum atomic E-state index is 14.1. The zero-order valence-electron chi connectivity index (χ0n) is 24.3. The minimum atomic E-state index is -0.360. The molecule has 0 aromatic carbocycles. The van der Waals surface area contributed by atoms with Crippen LogP contribution in [0.3, 0.4) is 0 Å². The Bertz CT molecular complexity index is 991. The van der Waals surface area contributed by atoms with E-state index in [9.17, 15) is 14.4 Å². The van der Waals surface area contributed by atoms with Gasteiger partial charge in [0.1, 0.15) is 12.2 Å². The van der Waals surface area contributed by atoms with E-state index >= 15 is 0 Å². The lowest BCUT2D eigenvalue weighted by Gasteiger charge is -2.55. The first-order valence-corrected chi connectivity index (χ1v) is 14.6. The minimum absolute atomic E-state index is 0.128. The summed E-state index contributed by atoms with van der Waals surface area (Å²) in [4.78, 5) is 38.1. The molecule has 37 heavy (non-hydrogen) atoms. The van der Waals surface area contributed by atoms with E-state index in [0.29, 0.717) is 36.5 Å². The van der Waals surface area contributed by atoms with Gasteiger partial charge in [0.15, 0.2) is 5.78 Å². The van der Waals surface area contributed by atoms with Crippen LogP contribution in [0.25, 0.3) is 0 Å². The van der Waals surface area contributed by atoms with Gasteiger partial charge in [0.2, 0.25) is 0 Å². The van der Waals surface area contributed by atoms with Crippen molar-refractivity contribution in [3.05, 3.63) is 23.3 Å². The second-order valence-corrected chi connectivity index (χ2v) is 13.5. The molecule has 0 spiro atoms. The van der Waals surface area contributed by atoms with Crippen LogP contribution in [-0.4, -0.2) is 29.9 Å². The zero-order chi connectivity index (χ0) is 27.3. The third-order valence-electron chi connectivity index (χ3n) is 10.8. The summed E-state index contributed by atoms with van der Waals surface area (Å²) in [5.41, 5.74) is 1.71. The van der Waals surface area contributed by atoms with Crippen molar-refractivity contribution in [2.75, 3.05) is 0 Å².